The van der Waals surface area contributed by atoms with Crippen molar-refractivity contribution in [3.63, 3.8) is 0 Å². The average molecular weight is 220 g/mol. The third kappa shape index (κ3) is 1.79. The van der Waals surface area contributed by atoms with E-state index in [9.17, 15) is 9.18 Å². The number of rotatable bonds is 3. The van der Waals surface area contributed by atoms with Crippen LogP contribution < -0.4 is 0 Å². The van der Waals surface area contributed by atoms with Crippen LogP contribution in [0.2, 0.25) is 0 Å². The van der Waals surface area contributed by atoms with Crippen LogP contribution in [0.15, 0.2) is 36.7 Å². The van der Waals surface area contributed by atoms with E-state index in [4.69, 9.17) is 5.11 Å². The Labute approximate surface area is 90.9 Å². The molecule has 0 bridgehead atoms. The fourth-order valence-corrected chi connectivity index (χ4v) is 1.49. The molecule has 0 amide bonds. The van der Waals surface area contributed by atoms with E-state index in [1.54, 1.807) is 18.2 Å². The van der Waals surface area contributed by atoms with Crippen LogP contribution in [0.4, 0.5) is 4.39 Å². The molecule has 0 spiro atoms. The van der Waals surface area contributed by atoms with Crippen molar-refractivity contribution in [2.24, 2.45) is 0 Å². The summed E-state index contributed by atoms with van der Waals surface area (Å²) in [5.41, 5.74) is 1.31. The van der Waals surface area contributed by atoms with Gasteiger partial charge in [0.25, 0.3) is 0 Å². The smallest absolute Gasteiger partial charge is 0.336 e. The first kappa shape index (κ1) is 10.4. The van der Waals surface area contributed by atoms with Crippen molar-refractivity contribution in [1.29, 1.82) is 0 Å². The van der Waals surface area contributed by atoms with Gasteiger partial charge >= 0.3 is 5.97 Å². The third-order valence-corrected chi connectivity index (χ3v) is 2.22. The Bertz CT molecular complexity index is 522. The molecule has 2 rings (SSSR count). The van der Waals surface area contributed by atoms with Crippen molar-refractivity contribution in [3.05, 3.63) is 42.2 Å². The highest BCUT2D eigenvalue weighted by Gasteiger charge is 2.11. The van der Waals surface area contributed by atoms with E-state index < -0.39 is 12.8 Å². The summed E-state index contributed by atoms with van der Waals surface area (Å²) < 4.78 is 13.4. The summed E-state index contributed by atoms with van der Waals surface area (Å²) in [5.74, 6) is -1.01. The molecule has 1 aromatic heterocycles. The molecular weight excluding hydrogens is 211 g/mol. The second-order valence-corrected chi connectivity index (χ2v) is 3.24. The molecule has 0 aliphatic heterocycles. The van der Waals surface area contributed by atoms with E-state index >= 15 is 0 Å². The van der Waals surface area contributed by atoms with E-state index in [2.05, 4.69) is 5.10 Å². The topological polar surface area (TPSA) is 55.1 Å². The number of carbonyl (C=O) groups is 1. The van der Waals surface area contributed by atoms with Crippen LogP contribution in [-0.4, -0.2) is 20.9 Å². The van der Waals surface area contributed by atoms with E-state index in [0.717, 1.165) is 4.68 Å². The van der Waals surface area contributed by atoms with Gasteiger partial charge in [-0.2, -0.15) is 5.10 Å². The number of benzene rings is 1. The van der Waals surface area contributed by atoms with Crippen molar-refractivity contribution in [2.45, 2.75) is 6.80 Å². The van der Waals surface area contributed by atoms with Gasteiger partial charge in [-0.25, -0.2) is 13.9 Å². The van der Waals surface area contributed by atoms with Crippen molar-refractivity contribution < 1.29 is 14.3 Å². The fourth-order valence-electron chi connectivity index (χ4n) is 1.49. The minimum Gasteiger partial charge on any atom is -0.478 e. The monoisotopic (exact) mass is 220 g/mol. The first-order valence-electron chi connectivity index (χ1n) is 4.63. The molecule has 16 heavy (non-hydrogen) atoms. The maximum Gasteiger partial charge on any atom is 0.336 e. The number of carboxylic acids is 1. The zero-order valence-electron chi connectivity index (χ0n) is 8.30. The second kappa shape index (κ2) is 4.14. The highest BCUT2D eigenvalue weighted by atomic mass is 19.1. The number of nitrogens with zero attached hydrogens (tertiary/aromatic N) is 2. The van der Waals surface area contributed by atoms with Crippen molar-refractivity contribution in [3.8, 4) is 11.1 Å². The quantitative estimate of drug-likeness (QED) is 0.862. The molecule has 4 nitrogen and oxygen atoms in total. The molecule has 2 aromatic rings. The van der Waals surface area contributed by atoms with E-state index in [1.807, 2.05) is 0 Å². The molecule has 0 saturated heterocycles. The molecule has 0 fully saturated rings. The minimum absolute atomic E-state index is 0.181. The maximum absolute atomic E-state index is 12.3. The summed E-state index contributed by atoms with van der Waals surface area (Å²) in [4.78, 5) is 11.0. The molecule has 0 saturated carbocycles. The van der Waals surface area contributed by atoms with Crippen LogP contribution in [0.3, 0.4) is 0 Å². The number of alkyl halides is 1. The van der Waals surface area contributed by atoms with Crippen LogP contribution in [0, 0.1) is 0 Å². The number of aromatic nitrogens is 2. The highest BCUT2D eigenvalue weighted by molar-refractivity contribution is 5.95. The Morgan fingerprint density at radius 3 is 2.81 bits per heavy atom. The molecule has 0 unspecified atom stereocenters. The van der Waals surface area contributed by atoms with Crippen LogP contribution in [0.25, 0.3) is 11.1 Å². The largest absolute Gasteiger partial charge is 0.478 e. The predicted octanol–water partition coefficient (Wildman–Crippen LogP) is 2.18. The Balaban J connectivity index is 2.50. The summed E-state index contributed by atoms with van der Waals surface area (Å²) in [7, 11) is 0. The van der Waals surface area contributed by atoms with Gasteiger partial charge in [-0.3, -0.25) is 0 Å². The maximum atomic E-state index is 12.3. The lowest BCUT2D eigenvalue weighted by Gasteiger charge is -2.02. The Hall–Kier alpha value is -2.17. The summed E-state index contributed by atoms with van der Waals surface area (Å²) >= 11 is 0. The van der Waals surface area contributed by atoms with E-state index in [0.29, 0.717) is 11.1 Å². The van der Waals surface area contributed by atoms with Gasteiger partial charge in [-0.1, -0.05) is 18.2 Å². The molecular formula is C11H9FN2O2. The zero-order chi connectivity index (χ0) is 11.5. The third-order valence-electron chi connectivity index (χ3n) is 2.22. The standard InChI is InChI=1S/C11H9FN2O2/c12-7-14-6-8(5-13-14)9-3-1-2-4-10(9)11(15)16/h1-6H,7H2,(H,15,16). The molecule has 0 aliphatic carbocycles. The van der Waals surface area contributed by atoms with E-state index in [1.165, 1.54) is 18.5 Å². The molecule has 5 heteroatoms. The van der Waals surface area contributed by atoms with Crippen molar-refractivity contribution in [2.75, 3.05) is 0 Å². The van der Waals surface area contributed by atoms with Gasteiger partial charge in [0, 0.05) is 11.8 Å². The van der Waals surface area contributed by atoms with Gasteiger partial charge in [0.2, 0.25) is 0 Å². The first-order chi connectivity index (χ1) is 7.72. The van der Waals surface area contributed by atoms with Crippen molar-refractivity contribution >= 4 is 5.97 Å². The lowest BCUT2D eigenvalue weighted by atomic mass is 10.0. The normalized spacial score (nSPS) is 10.3. The van der Waals surface area contributed by atoms with Crippen LogP contribution >= 0.6 is 0 Å². The molecule has 1 heterocycles. The van der Waals surface area contributed by atoms with Crippen molar-refractivity contribution in [1.82, 2.24) is 9.78 Å². The summed E-state index contributed by atoms with van der Waals surface area (Å²) in [6.07, 6.45) is 2.92. The van der Waals surface area contributed by atoms with Gasteiger partial charge in [0.1, 0.15) is 0 Å². The predicted molar refractivity (Wildman–Crippen MR) is 55.7 cm³/mol. The number of carboxylic acid groups (broad SMARTS) is 1. The summed E-state index contributed by atoms with van der Waals surface area (Å²) in [5, 5.41) is 12.7. The van der Waals surface area contributed by atoms with Crippen LogP contribution in [0.1, 0.15) is 10.4 Å². The molecule has 0 aliphatic rings. The number of hydrogen-bond donors (Lipinski definition) is 1. The average Bonchev–Trinajstić information content (AvgIpc) is 2.77. The zero-order valence-corrected chi connectivity index (χ0v) is 8.30. The lowest BCUT2D eigenvalue weighted by molar-refractivity contribution is 0.0697. The van der Waals surface area contributed by atoms with E-state index in [-0.39, 0.29) is 5.56 Å². The number of aromatic carboxylic acids is 1. The SMILES string of the molecule is O=C(O)c1ccccc1-c1cnn(CF)c1. The van der Waals surface area contributed by atoms with Gasteiger partial charge in [0.15, 0.2) is 6.80 Å². The van der Waals surface area contributed by atoms with Gasteiger partial charge in [0.05, 0.1) is 11.8 Å². The summed E-state index contributed by atoms with van der Waals surface area (Å²) in [6.45, 7) is -0.727. The van der Waals surface area contributed by atoms with Crippen LogP contribution in [0.5, 0.6) is 0 Å². The Morgan fingerprint density at radius 1 is 1.44 bits per heavy atom. The molecule has 1 aromatic carbocycles. The minimum atomic E-state index is -1.01. The molecule has 0 atom stereocenters. The van der Waals surface area contributed by atoms with Gasteiger partial charge < -0.3 is 5.11 Å². The number of halogens is 1. The first-order valence-corrected chi connectivity index (χ1v) is 4.63. The van der Waals surface area contributed by atoms with Gasteiger partial charge in [-0.15, -0.1) is 0 Å². The highest BCUT2D eigenvalue weighted by Crippen LogP contribution is 2.23. The Kier molecular flexibility index (Phi) is 2.68. The summed E-state index contributed by atoms with van der Waals surface area (Å²) in [6, 6.07) is 6.55. The molecule has 82 valence electrons. The second-order valence-electron chi connectivity index (χ2n) is 3.24. The van der Waals surface area contributed by atoms with Gasteiger partial charge in [-0.05, 0) is 11.6 Å². The molecule has 1 N–H and O–H groups in total. The fraction of sp³-hybridized carbons (Fsp3) is 0.0909. The van der Waals surface area contributed by atoms with Crippen LogP contribution in [-0.2, 0) is 6.80 Å². The lowest BCUT2D eigenvalue weighted by Crippen LogP contribution is -1.98. The number of hydrogen-bond acceptors (Lipinski definition) is 2. The molecule has 0 radical (unpaired) electrons. The Morgan fingerprint density at radius 2 is 2.19 bits per heavy atom.